The molecule has 0 radical (unpaired) electrons. The Morgan fingerprint density at radius 3 is 2.58 bits per heavy atom. The van der Waals surface area contributed by atoms with E-state index in [-0.39, 0.29) is 24.4 Å². The number of aliphatic hydroxyl groups excluding tert-OH is 1. The molecular weight excluding hydrogens is 338 g/mol. The number of carbonyl (C=O) groups is 1. The van der Waals surface area contributed by atoms with Gasteiger partial charge in [0.2, 0.25) is 5.91 Å². The quantitative estimate of drug-likeness (QED) is 0.909. The van der Waals surface area contributed by atoms with Crippen molar-refractivity contribution in [1.82, 2.24) is 9.80 Å². The van der Waals surface area contributed by atoms with Gasteiger partial charge in [-0.2, -0.15) is 0 Å². The molecule has 138 valence electrons. The van der Waals surface area contributed by atoms with E-state index >= 15 is 0 Å². The Morgan fingerprint density at radius 1 is 1.08 bits per heavy atom. The third-order valence-corrected chi connectivity index (χ3v) is 4.54. The van der Waals surface area contributed by atoms with E-state index in [1.165, 1.54) is 6.07 Å². The van der Waals surface area contributed by atoms with Crippen molar-refractivity contribution in [2.75, 3.05) is 26.2 Å². The topological polar surface area (TPSA) is 43.8 Å². The van der Waals surface area contributed by atoms with Crippen LogP contribution in [0, 0.1) is 11.6 Å². The normalized spacial score (nSPS) is 18.6. The van der Waals surface area contributed by atoms with Crippen molar-refractivity contribution in [3.63, 3.8) is 0 Å². The minimum absolute atomic E-state index is 0.141. The van der Waals surface area contributed by atoms with Crippen molar-refractivity contribution in [2.45, 2.75) is 19.1 Å². The predicted octanol–water partition coefficient (Wildman–Crippen LogP) is 2.21. The summed E-state index contributed by atoms with van der Waals surface area (Å²) in [5.41, 5.74) is 1.31. The highest BCUT2D eigenvalue weighted by Crippen LogP contribution is 2.14. The van der Waals surface area contributed by atoms with Crippen molar-refractivity contribution in [2.24, 2.45) is 0 Å². The fourth-order valence-corrected chi connectivity index (χ4v) is 3.21. The maximum atomic E-state index is 13.8. The van der Waals surface area contributed by atoms with Crippen LogP contribution in [-0.4, -0.2) is 53.1 Å². The molecule has 0 aliphatic carbocycles. The van der Waals surface area contributed by atoms with Crippen molar-refractivity contribution < 1.29 is 18.7 Å². The summed E-state index contributed by atoms with van der Waals surface area (Å²) < 4.78 is 26.8. The van der Waals surface area contributed by atoms with Crippen molar-refractivity contribution >= 4 is 5.91 Å². The molecule has 1 aliphatic heterocycles. The largest absolute Gasteiger partial charge is 0.390 e. The fourth-order valence-electron chi connectivity index (χ4n) is 3.21. The lowest BCUT2D eigenvalue weighted by Gasteiger charge is -2.22. The van der Waals surface area contributed by atoms with Crippen molar-refractivity contribution in [3.8, 4) is 0 Å². The van der Waals surface area contributed by atoms with Gasteiger partial charge in [0.25, 0.3) is 0 Å². The number of hydrogen-bond donors (Lipinski definition) is 1. The third-order valence-electron chi connectivity index (χ3n) is 4.54. The molecule has 1 heterocycles. The van der Waals surface area contributed by atoms with Gasteiger partial charge in [0.15, 0.2) is 0 Å². The molecule has 2 aromatic rings. The van der Waals surface area contributed by atoms with Gasteiger partial charge in [-0.1, -0.05) is 36.4 Å². The van der Waals surface area contributed by atoms with Gasteiger partial charge in [0, 0.05) is 38.8 Å². The molecule has 1 atom stereocenters. The fraction of sp³-hybridized carbons (Fsp3) is 0.350. The van der Waals surface area contributed by atoms with Crippen molar-refractivity contribution in [1.29, 1.82) is 0 Å². The van der Waals surface area contributed by atoms with E-state index in [0.29, 0.717) is 26.2 Å². The van der Waals surface area contributed by atoms with E-state index in [2.05, 4.69) is 4.90 Å². The van der Waals surface area contributed by atoms with Crippen LogP contribution in [0.2, 0.25) is 0 Å². The summed E-state index contributed by atoms with van der Waals surface area (Å²) in [6, 6.07) is 13.2. The Hall–Kier alpha value is -2.31. The van der Waals surface area contributed by atoms with Crippen molar-refractivity contribution in [3.05, 3.63) is 71.3 Å². The molecule has 26 heavy (non-hydrogen) atoms. The molecule has 0 bridgehead atoms. The Labute approximate surface area is 151 Å². The minimum Gasteiger partial charge on any atom is -0.390 e. The zero-order valence-corrected chi connectivity index (χ0v) is 14.4. The van der Waals surface area contributed by atoms with E-state index in [0.717, 1.165) is 17.7 Å². The maximum absolute atomic E-state index is 13.8. The molecule has 1 saturated heterocycles. The van der Waals surface area contributed by atoms with Crippen LogP contribution in [0.4, 0.5) is 8.78 Å². The lowest BCUT2D eigenvalue weighted by molar-refractivity contribution is -0.131. The number of nitrogens with zero attached hydrogens (tertiary/aromatic N) is 2. The molecule has 0 aromatic heterocycles. The van der Waals surface area contributed by atoms with Gasteiger partial charge < -0.3 is 10.0 Å². The first kappa shape index (κ1) is 18.5. The highest BCUT2D eigenvalue weighted by atomic mass is 19.1. The van der Waals surface area contributed by atoms with Crippen LogP contribution in [0.1, 0.15) is 11.1 Å². The summed E-state index contributed by atoms with van der Waals surface area (Å²) in [4.78, 5) is 16.2. The van der Waals surface area contributed by atoms with Crippen LogP contribution < -0.4 is 0 Å². The number of halogens is 2. The second-order valence-corrected chi connectivity index (χ2v) is 6.63. The van der Waals surface area contributed by atoms with Gasteiger partial charge in [-0.3, -0.25) is 9.69 Å². The second-order valence-electron chi connectivity index (χ2n) is 6.63. The van der Waals surface area contributed by atoms with Gasteiger partial charge in [0.1, 0.15) is 11.6 Å². The molecule has 0 saturated carbocycles. The van der Waals surface area contributed by atoms with Crippen LogP contribution in [-0.2, 0) is 17.8 Å². The number of carbonyl (C=O) groups excluding carboxylic acids is 1. The molecular formula is C20H22F2N2O2. The third kappa shape index (κ3) is 4.86. The van der Waals surface area contributed by atoms with Gasteiger partial charge in [0.05, 0.1) is 12.5 Å². The molecule has 0 spiro atoms. The monoisotopic (exact) mass is 360 g/mol. The Bertz CT molecular complexity index is 755. The Morgan fingerprint density at radius 2 is 1.85 bits per heavy atom. The number of rotatable bonds is 4. The number of amides is 1. The first-order valence-corrected chi connectivity index (χ1v) is 8.67. The molecule has 3 rings (SSSR count). The van der Waals surface area contributed by atoms with Crippen LogP contribution in [0.25, 0.3) is 0 Å². The number of benzene rings is 2. The molecule has 1 fully saturated rings. The first-order valence-electron chi connectivity index (χ1n) is 8.67. The molecule has 1 N–H and O–H groups in total. The summed E-state index contributed by atoms with van der Waals surface area (Å²) in [6.45, 7) is 2.48. The number of aliphatic hydroxyl groups is 1. The first-order chi connectivity index (χ1) is 12.5. The zero-order valence-electron chi connectivity index (χ0n) is 14.4. The van der Waals surface area contributed by atoms with E-state index < -0.39 is 17.7 Å². The van der Waals surface area contributed by atoms with Crippen LogP contribution >= 0.6 is 0 Å². The van der Waals surface area contributed by atoms with Gasteiger partial charge >= 0.3 is 0 Å². The van der Waals surface area contributed by atoms with Crippen LogP contribution in [0.3, 0.4) is 0 Å². The SMILES string of the molecule is O=C(Cc1ccc(F)cc1F)N1CCN(Cc2ccccc2)CC(O)C1. The van der Waals surface area contributed by atoms with E-state index in [1.54, 1.807) is 4.90 Å². The lowest BCUT2D eigenvalue weighted by atomic mass is 10.1. The second kappa shape index (κ2) is 8.38. The van der Waals surface area contributed by atoms with E-state index in [1.807, 2.05) is 30.3 Å². The summed E-state index contributed by atoms with van der Waals surface area (Å²) >= 11 is 0. The maximum Gasteiger partial charge on any atom is 0.227 e. The zero-order chi connectivity index (χ0) is 18.5. The molecule has 6 heteroatoms. The smallest absolute Gasteiger partial charge is 0.227 e. The molecule has 2 aromatic carbocycles. The Balaban J connectivity index is 1.61. The van der Waals surface area contributed by atoms with E-state index in [4.69, 9.17) is 0 Å². The predicted molar refractivity (Wildman–Crippen MR) is 94.4 cm³/mol. The number of β-amino-alcohol motifs (C(OH)–C–C–N with tert-alkyl or cyclic N) is 1. The highest BCUT2D eigenvalue weighted by Gasteiger charge is 2.25. The van der Waals surface area contributed by atoms with Crippen LogP contribution in [0.15, 0.2) is 48.5 Å². The molecule has 1 unspecified atom stereocenters. The summed E-state index contributed by atoms with van der Waals surface area (Å²) in [5, 5.41) is 10.3. The molecule has 4 nitrogen and oxygen atoms in total. The van der Waals surface area contributed by atoms with E-state index in [9.17, 15) is 18.7 Å². The minimum atomic E-state index is -0.723. The Kier molecular flexibility index (Phi) is 5.96. The number of hydrogen-bond acceptors (Lipinski definition) is 3. The lowest BCUT2D eigenvalue weighted by Crippen LogP contribution is -2.38. The summed E-state index contributed by atoms with van der Waals surface area (Å²) in [5.74, 6) is -1.66. The average Bonchev–Trinajstić information content (AvgIpc) is 2.79. The average molecular weight is 360 g/mol. The summed E-state index contributed by atoms with van der Waals surface area (Å²) in [7, 11) is 0. The highest BCUT2D eigenvalue weighted by molar-refractivity contribution is 5.79. The summed E-state index contributed by atoms with van der Waals surface area (Å²) in [6.07, 6.45) is -0.805. The van der Waals surface area contributed by atoms with Crippen LogP contribution in [0.5, 0.6) is 0 Å². The van der Waals surface area contributed by atoms with Gasteiger partial charge in [-0.15, -0.1) is 0 Å². The molecule has 1 aliphatic rings. The molecule has 1 amide bonds. The van der Waals surface area contributed by atoms with Gasteiger partial charge in [-0.05, 0) is 17.2 Å². The van der Waals surface area contributed by atoms with Gasteiger partial charge in [-0.25, -0.2) is 8.78 Å². The standard InChI is InChI=1S/C20H22F2N2O2/c21-17-7-6-16(19(22)11-17)10-20(26)24-9-8-23(13-18(25)14-24)12-15-4-2-1-3-5-15/h1-7,11,18,25H,8-10,12-14H2.